The molecule has 0 spiro atoms. The van der Waals surface area contributed by atoms with Crippen LogP contribution in [0.2, 0.25) is 0 Å². The smallest absolute Gasteiger partial charge is 0.320 e. The first-order valence-corrected chi connectivity index (χ1v) is 10.7. The van der Waals surface area contributed by atoms with E-state index in [0.717, 1.165) is 6.07 Å². The summed E-state index contributed by atoms with van der Waals surface area (Å²) in [5.41, 5.74) is -0.0452. The molecule has 1 unspecified atom stereocenters. The molecule has 10 nitrogen and oxygen atoms in total. The largest absolute Gasteiger partial charge is 0.481 e. The van der Waals surface area contributed by atoms with E-state index >= 15 is 0 Å². The van der Waals surface area contributed by atoms with E-state index < -0.39 is 43.1 Å². The second-order valence-corrected chi connectivity index (χ2v) is 8.71. The molecule has 2 rings (SSSR count). The normalized spacial score (nSPS) is 12.9. The molecular formula is C19H20N2O8P+. The van der Waals surface area contributed by atoms with Crippen LogP contribution in [0.1, 0.15) is 18.4 Å². The van der Waals surface area contributed by atoms with Crippen molar-refractivity contribution < 1.29 is 34.5 Å². The highest BCUT2D eigenvalue weighted by Crippen LogP contribution is 2.56. The standard InChI is InChI=1S/C19H19N2O8P/c22-17(23)10-9-14(19(24)25)12-30(28,29)18(13-5-2-1-3-6-13)20-15-7-4-8-16(11-15)21(26)27/h1-8,11,14,28-29H,9-10,12H2,(H-,22,23,24,25)/p+1. The number of hydrogen-bond acceptors (Lipinski definition) is 7. The Hall–Kier alpha value is -3.20. The number of aliphatic carboxylic acids is 2. The molecule has 0 aliphatic rings. The summed E-state index contributed by atoms with van der Waals surface area (Å²) in [4.78, 5) is 58.6. The first-order chi connectivity index (χ1) is 14.1. The summed E-state index contributed by atoms with van der Waals surface area (Å²) in [6.07, 6.45) is -1.34. The molecule has 0 fully saturated rings. The van der Waals surface area contributed by atoms with Crippen LogP contribution in [-0.4, -0.2) is 48.5 Å². The molecule has 11 heteroatoms. The topological polar surface area (TPSA) is 171 Å². The molecule has 0 saturated heterocycles. The fourth-order valence-corrected chi connectivity index (χ4v) is 4.69. The summed E-state index contributed by atoms with van der Waals surface area (Å²) < 4.78 is 0. The Balaban J connectivity index is 2.48. The fourth-order valence-electron chi connectivity index (χ4n) is 2.72. The fraction of sp³-hybridized carbons (Fsp3) is 0.211. The second-order valence-electron chi connectivity index (χ2n) is 6.46. The van der Waals surface area contributed by atoms with Gasteiger partial charge in [-0.2, -0.15) is 0 Å². The molecule has 30 heavy (non-hydrogen) atoms. The summed E-state index contributed by atoms with van der Waals surface area (Å²) in [6.45, 7) is 0. The molecular weight excluding hydrogens is 415 g/mol. The Morgan fingerprint density at radius 1 is 1.07 bits per heavy atom. The molecule has 1 atom stereocenters. The SMILES string of the molecule is O=C(O)CCC(C[P+](O)(O)C(=Nc1cccc([N+](=O)[O-])c1)c1ccccc1)C(=O)O. The van der Waals surface area contributed by atoms with E-state index in [1.54, 1.807) is 30.3 Å². The van der Waals surface area contributed by atoms with Crippen molar-refractivity contribution in [2.45, 2.75) is 12.8 Å². The van der Waals surface area contributed by atoms with Crippen LogP contribution in [0.3, 0.4) is 0 Å². The van der Waals surface area contributed by atoms with E-state index in [0.29, 0.717) is 5.56 Å². The summed E-state index contributed by atoms with van der Waals surface area (Å²) in [6, 6.07) is 13.3. The number of aliphatic imine (C=N–C) groups is 1. The van der Waals surface area contributed by atoms with Gasteiger partial charge in [0.25, 0.3) is 5.69 Å². The van der Waals surface area contributed by atoms with Gasteiger partial charge in [-0.3, -0.25) is 19.7 Å². The van der Waals surface area contributed by atoms with Crippen LogP contribution in [0.15, 0.2) is 59.6 Å². The van der Waals surface area contributed by atoms with Crippen molar-refractivity contribution in [1.82, 2.24) is 0 Å². The first-order valence-electron chi connectivity index (χ1n) is 8.77. The minimum Gasteiger partial charge on any atom is -0.481 e. The van der Waals surface area contributed by atoms with Crippen LogP contribution in [0, 0.1) is 16.0 Å². The van der Waals surface area contributed by atoms with Gasteiger partial charge in [-0.05, 0) is 24.6 Å². The van der Waals surface area contributed by atoms with E-state index in [9.17, 15) is 34.6 Å². The third kappa shape index (κ3) is 6.41. The van der Waals surface area contributed by atoms with Gasteiger partial charge in [-0.1, -0.05) is 24.3 Å². The summed E-state index contributed by atoms with van der Waals surface area (Å²) in [5, 5.41) is 29.2. The summed E-state index contributed by atoms with van der Waals surface area (Å²) >= 11 is 0. The number of nitrogens with zero attached hydrogens (tertiary/aromatic N) is 2. The van der Waals surface area contributed by atoms with Crippen molar-refractivity contribution in [3.05, 3.63) is 70.3 Å². The average molecular weight is 435 g/mol. The third-order valence-electron chi connectivity index (χ3n) is 4.18. The van der Waals surface area contributed by atoms with Gasteiger partial charge in [0, 0.05) is 24.1 Å². The minimum atomic E-state index is -4.14. The molecule has 0 aliphatic heterocycles. The molecule has 0 bridgehead atoms. The minimum absolute atomic E-state index is 0.0907. The van der Waals surface area contributed by atoms with Gasteiger partial charge in [0.2, 0.25) is 5.45 Å². The number of nitro benzene ring substituents is 1. The van der Waals surface area contributed by atoms with Crippen molar-refractivity contribution in [3.63, 3.8) is 0 Å². The maximum Gasteiger partial charge on any atom is 0.320 e. The van der Waals surface area contributed by atoms with Crippen molar-refractivity contribution >= 4 is 36.5 Å². The molecule has 0 radical (unpaired) electrons. The van der Waals surface area contributed by atoms with Gasteiger partial charge in [0.1, 0.15) is 6.16 Å². The predicted octanol–water partition coefficient (Wildman–Crippen LogP) is 3.07. The molecule has 158 valence electrons. The number of hydrogen-bond donors (Lipinski definition) is 4. The third-order valence-corrected chi connectivity index (χ3v) is 6.16. The quantitative estimate of drug-likeness (QED) is 0.191. The summed E-state index contributed by atoms with van der Waals surface area (Å²) in [5.74, 6) is -3.87. The maximum absolute atomic E-state index is 11.5. The number of non-ortho nitro benzene ring substituents is 1. The van der Waals surface area contributed by atoms with Crippen molar-refractivity contribution in [1.29, 1.82) is 0 Å². The van der Waals surface area contributed by atoms with E-state index in [1.807, 2.05) is 0 Å². The maximum atomic E-state index is 11.5. The van der Waals surface area contributed by atoms with Crippen LogP contribution in [0.5, 0.6) is 0 Å². The zero-order valence-corrected chi connectivity index (χ0v) is 16.6. The second kappa shape index (κ2) is 10.0. The molecule has 4 N–H and O–H groups in total. The van der Waals surface area contributed by atoms with Crippen LogP contribution >= 0.6 is 7.72 Å². The molecule has 0 heterocycles. The molecule has 2 aromatic rings. The first kappa shape index (κ1) is 23.1. The Kier molecular flexibility index (Phi) is 7.71. The van der Waals surface area contributed by atoms with E-state index in [4.69, 9.17) is 5.11 Å². The molecule has 0 aromatic heterocycles. The zero-order valence-electron chi connectivity index (χ0n) is 15.7. The molecule has 0 saturated carbocycles. The van der Waals surface area contributed by atoms with Gasteiger partial charge < -0.3 is 10.2 Å². The van der Waals surface area contributed by atoms with Gasteiger partial charge in [0.05, 0.1) is 16.5 Å². The van der Waals surface area contributed by atoms with E-state index in [-0.39, 0.29) is 23.2 Å². The van der Waals surface area contributed by atoms with E-state index in [2.05, 4.69) is 4.99 Å². The monoisotopic (exact) mass is 435 g/mol. The lowest BCUT2D eigenvalue weighted by atomic mass is 10.1. The highest BCUT2D eigenvalue weighted by Gasteiger charge is 2.46. The molecule has 2 aromatic carbocycles. The van der Waals surface area contributed by atoms with Crippen LogP contribution in [0.4, 0.5) is 11.4 Å². The highest BCUT2D eigenvalue weighted by molar-refractivity contribution is 7.82. The number of carboxylic acid groups (broad SMARTS) is 2. The van der Waals surface area contributed by atoms with Crippen LogP contribution in [-0.2, 0) is 9.59 Å². The Morgan fingerprint density at radius 3 is 2.30 bits per heavy atom. The molecule has 0 aliphatic carbocycles. The van der Waals surface area contributed by atoms with Crippen LogP contribution in [0.25, 0.3) is 0 Å². The highest BCUT2D eigenvalue weighted by atomic mass is 31.2. The Labute approximate surface area is 171 Å². The number of nitro groups is 1. The Bertz CT molecular complexity index is 962. The Morgan fingerprint density at radius 2 is 1.73 bits per heavy atom. The lowest BCUT2D eigenvalue weighted by Crippen LogP contribution is -2.24. The molecule has 0 amide bonds. The number of carboxylic acids is 2. The lowest BCUT2D eigenvalue weighted by Gasteiger charge is -2.18. The number of rotatable bonds is 10. The number of benzene rings is 2. The van der Waals surface area contributed by atoms with Gasteiger partial charge in [0.15, 0.2) is 0 Å². The van der Waals surface area contributed by atoms with Crippen molar-refractivity contribution in [3.8, 4) is 0 Å². The predicted molar refractivity (Wildman–Crippen MR) is 110 cm³/mol. The van der Waals surface area contributed by atoms with Gasteiger partial charge in [-0.25, -0.2) is 14.8 Å². The average Bonchev–Trinajstić information content (AvgIpc) is 2.69. The van der Waals surface area contributed by atoms with Gasteiger partial charge in [-0.15, -0.1) is 0 Å². The lowest BCUT2D eigenvalue weighted by molar-refractivity contribution is -0.384. The summed E-state index contributed by atoms with van der Waals surface area (Å²) in [7, 11) is -4.14. The van der Waals surface area contributed by atoms with E-state index in [1.165, 1.54) is 18.2 Å². The zero-order chi connectivity index (χ0) is 22.3. The van der Waals surface area contributed by atoms with Crippen molar-refractivity contribution in [2.24, 2.45) is 10.9 Å². The number of carbonyl (C=O) groups is 2. The van der Waals surface area contributed by atoms with Gasteiger partial charge >= 0.3 is 19.7 Å². The van der Waals surface area contributed by atoms with Crippen LogP contribution < -0.4 is 0 Å². The van der Waals surface area contributed by atoms with Crippen molar-refractivity contribution in [2.75, 3.05) is 6.16 Å².